The van der Waals surface area contributed by atoms with Gasteiger partial charge in [-0.2, -0.15) is 0 Å². The normalized spacial score (nSPS) is 22.8. The van der Waals surface area contributed by atoms with Crippen molar-refractivity contribution in [1.29, 1.82) is 0 Å². The molecular weight excluding hydrogens is 643 g/mol. The largest absolute Gasteiger partial charge is 0.496 e. The average Bonchev–Trinajstić information content (AvgIpc) is 3.19. The van der Waals surface area contributed by atoms with E-state index in [4.69, 9.17) is 18.9 Å². The fourth-order valence-corrected chi connectivity index (χ4v) is 10.3. The minimum atomic E-state index is -5.22. The van der Waals surface area contributed by atoms with Crippen molar-refractivity contribution in [3.8, 4) is 23.0 Å². The first kappa shape index (κ1) is 36.3. The first-order valence-electron chi connectivity index (χ1n) is 16.7. The Morgan fingerprint density at radius 1 is 0.878 bits per heavy atom. The Balaban J connectivity index is 1.90. The van der Waals surface area contributed by atoms with Crippen LogP contribution in [0.2, 0.25) is 0 Å². The third-order valence-corrected chi connectivity index (χ3v) is 12.3. The lowest BCUT2D eigenvalue weighted by Gasteiger charge is -2.42. The van der Waals surface area contributed by atoms with Crippen molar-refractivity contribution < 1.29 is 43.0 Å². The fourth-order valence-electron chi connectivity index (χ4n) is 8.08. The molecule has 0 radical (unpaired) electrons. The highest BCUT2D eigenvalue weighted by atomic mass is 31.2. The predicted molar refractivity (Wildman–Crippen MR) is 188 cm³/mol. The van der Waals surface area contributed by atoms with E-state index in [1.165, 1.54) is 40.6 Å². The Kier molecular flexibility index (Phi) is 10.2. The molecule has 262 valence electrons. The van der Waals surface area contributed by atoms with Gasteiger partial charge in [0.05, 0.1) is 28.4 Å². The molecule has 1 saturated carbocycles. The second-order valence-electron chi connectivity index (χ2n) is 14.4. The number of carbonyl (C=O) groups excluding carboxylic acids is 3. The molecule has 10 heteroatoms. The fraction of sp³-hybridized carbons (Fsp3) is 0.462. The van der Waals surface area contributed by atoms with Gasteiger partial charge in [-0.05, 0) is 54.7 Å². The van der Waals surface area contributed by atoms with E-state index in [-0.39, 0.29) is 69.4 Å². The molecule has 1 fully saturated rings. The Morgan fingerprint density at radius 3 is 2.02 bits per heavy atom. The van der Waals surface area contributed by atoms with Crippen molar-refractivity contribution in [2.75, 3.05) is 28.4 Å². The van der Waals surface area contributed by atoms with Crippen LogP contribution >= 0.6 is 7.14 Å². The summed E-state index contributed by atoms with van der Waals surface area (Å²) in [5, 5.41) is 13.0. The third-order valence-electron chi connectivity index (χ3n) is 9.87. The van der Waals surface area contributed by atoms with Gasteiger partial charge >= 0.3 is 0 Å². The summed E-state index contributed by atoms with van der Waals surface area (Å²) >= 11 is 0. The molecule has 1 N–H and O–H groups in total. The van der Waals surface area contributed by atoms with E-state index in [1.807, 2.05) is 37.3 Å². The molecule has 4 unspecified atom stereocenters. The summed E-state index contributed by atoms with van der Waals surface area (Å²) < 4.78 is 38.2. The zero-order chi connectivity index (χ0) is 35.9. The molecule has 1 aliphatic carbocycles. The number of methoxy groups -OCH3 is 4. The summed E-state index contributed by atoms with van der Waals surface area (Å²) in [5.41, 5.74) is -4.75. The molecule has 0 amide bonds. The molecule has 9 nitrogen and oxygen atoms in total. The molecule has 0 aromatic heterocycles. The molecule has 2 heterocycles. The summed E-state index contributed by atoms with van der Waals surface area (Å²) in [4.78, 5) is 44.8. The molecule has 0 spiro atoms. The monoisotopic (exact) mass is 690 g/mol. The molecule has 2 aliphatic heterocycles. The van der Waals surface area contributed by atoms with Crippen molar-refractivity contribution in [2.24, 2.45) is 11.3 Å². The average molecular weight is 691 g/mol. The summed E-state index contributed by atoms with van der Waals surface area (Å²) in [7, 11) is 0.158. The van der Waals surface area contributed by atoms with Crippen LogP contribution in [-0.2, 0) is 16.6 Å². The molecule has 49 heavy (non-hydrogen) atoms. The second-order valence-corrected chi connectivity index (χ2v) is 16.9. The molecule has 3 aliphatic rings. The minimum Gasteiger partial charge on any atom is -0.496 e. The highest BCUT2D eigenvalue weighted by Crippen LogP contribution is 2.66. The first-order valence-corrected chi connectivity index (χ1v) is 18.4. The van der Waals surface area contributed by atoms with Gasteiger partial charge in [-0.3, -0.25) is 18.9 Å². The van der Waals surface area contributed by atoms with E-state index in [1.54, 1.807) is 6.07 Å². The van der Waals surface area contributed by atoms with Crippen LogP contribution in [0.1, 0.15) is 113 Å². The molecule has 3 aromatic rings. The summed E-state index contributed by atoms with van der Waals surface area (Å²) in [5.74, 6) is -0.579. The van der Waals surface area contributed by atoms with Crippen LogP contribution in [-0.4, -0.2) is 50.1 Å². The number of hydrogen-bond donors (Lipinski definition) is 1. The van der Waals surface area contributed by atoms with Gasteiger partial charge in [-0.1, -0.05) is 76.9 Å². The van der Waals surface area contributed by atoms with Gasteiger partial charge in [0.15, 0.2) is 0 Å². The molecule has 0 saturated heterocycles. The number of fused-ring (bicyclic) bond motifs is 4. The lowest BCUT2D eigenvalue weighted by Crippen LogP contribution is -2.38. The zero-order valence-corrected chi connectivity index (χ0v) is 30.6. The summed E-state index contributed by atoms with van der Waals surface area (Å²) in [6.45, 7) is 8.38. The van der Waals surface area contributed by atoms with Crippen LogP contribution in [0.3, 0.4) is 0 Å². The first-order chi connectivity index (χ1) is 23.2. The van der Waals surface area contributed by atoms with Gasteiger partial charge < -0.3 is 24.1 Å². The quantitative estimate of drug-likeness (QED) is 0.198. The van der Waals surface area contributed by atoms with Crippen LogP contribution in [0, 0.1) is 11.3 Å². The Morgan fingerprint density at radius 2 is 1.47 bits per heavy atom. The number of aliphatic hydroxyl groups is 1. The molecule has 6 rings (SSSR count). The number of ether oxygens (including phenoxy) is 4. The van der Waals surface area contributed by atoms with Gasteiger partial charge in [0.25, 0.3) is 7.14 Å². The van der Waals surface area contributed by atoms with Crippen molar-refractivity contribution >= 4 is 23.7 Å². The highest BCUT2D eigenvalue weighted by molar-refractivity contribution is 8.08. The van der Waals surface area contributed by atoms with Crippen LogP contribution in [0.5, 0.6) is 23.0 Å². The minimum absolute atomic E-state index is 0.000846. The van der Waals surface area contributed by atoms with Crippen LogP contribution < -0.4 is 18.9 Å². The molecular formula is C39H47O9P. The number of hydrogen-bond acceptors (Lipinski definition) is 9. The van der Waals surface area contributed by atoms with Crippen LogP contribution in [0.15, 0.2) is 48.5 Å². The van der Waals surface area contributed by atoms with Gasteiger partial charge in [-0.15, -0.1) is 0 Å². The third kappa shape index (κ3) is 6.10. The lowest BCUT2D eigenvalue weighted by molar-refractivity contribution is -0.0248. The van der Waals surface area contributed by atoms with Crippen molar-refractivity contribution in [3.63, 3.8) is 0 Å². The standard InChI is InChI=1S/C39H47O9P/c1-23(22-38(2,3)4)21-25-29-32(39(43)20-13-12-17-26(39)24-15-10-9-11-16-24)34(48-8)31(33(25)47-7)37(42)49(44,35(29)40)36(41)30-27(45-5)18-14-19-28(30)46-6/h9-11,14-16,18-19,23,26,43H,12-13,17,20-22H2,1-8H3. The van der Waals surface area contributed by atoms with Gasteiger partial charge in [0.1, 0.15) is 39.7 Å². The van der Waals surface area contributed by atoms with Gasteiger partial charge in [-0.25, -0.2) is 0 Å². The number of carbonyl (C=O) groups is 3. The number of benzene rings is 3. The van der Waals surface area contributed by atoms with Crippen molar-refractivity contribution in [3.05, 3.63) is 81.9 Å². The van der Waals surface area contributed by atoms with E-state index >= 15 is 9.36 Å². The maximum absolute atomic E-state index is 15.4. The predicted octanol–water partition coefficient (Wildman–Crippen LogP) is 8.38. The molecule has 2 bridgehead atoms. The summed E-state index contributed by atoms with van der Waals surface area (Å²) in [6, 6.07) is 14.1. The van der Waals surface area contributed by atoms with Gasteiger partial charge in [0.2, 0.25) is 16.6 Å². The summed E-state index contributed by atoms with van der Waals surface area (Å²) in [6.07, 6.45) is 3.32. The maximum Gasteiger partial charge on any atom is 0.287 e. The topological polar surface area (TPSA) is 125 Å². The Labute approximate surface area is 288 Å². The zero-order valence-electron chi connectivity index (χ0n) is 29.7. The Bertz CT molecular complexity index is 1800. The van der Waals surface area contributed by atoms with E-state index < -0.39 is 35.2 Å². The van der Waals surface area contributed by atoms with E-state index in [9.17, 15) is 14.7 Å². The van der Waals surface area contributed by atoms with Crippen LogP contribution in [0.4, 0.5) is 0 Å². The van der Waals surface area contributed by atoms with E-state index in [0.717, 1.165) is 18.4 Å². The van der Waals surface area contributed by atoms with Crippen molar-refractivity contribution in [2.45, 2.75) is 77.7 Å². The van der Waals surface area contributed by atoms with E-state index in [0.29, 0.717) is 18.4 Å². The smallest absolute Gasteiger partial charge is 0.287 e. The van der Waals surface area contributed by atoms with E-state index in [2.05, 4.69) is 20.8 Å². The second kappa shape index (κ2) is 13.8. The molecule has 4 atom stereocenters. The Hall–Kier alpha value is -3.94. The maximum atomic E-state index is 15.4. The SMILES string of the molecule is COc1cccc(OC)c1C(=O)P1(=O)C(=O)c2c(OC)c(CC(C)CC(C)(C)C)c(c(C3(O)CCCCC3c3ccccc3)c2OC)C1=O. The number of rotatable bonds is 11. The highest BCUT2D eigenvalue weighted by Gasteiger charge is 2.59. The lowest BCUT2D eigenvalue weighted by atomic mass is 9.66. The molecule has 3 aromatic carbocycles. The van der Waals surface area contributed by atoms with Crippen LogP contribution in [0.25, 0.3) is 0 Å². The van der Waals surface area contributed by atoms with Crippen molar-refractivity contribution in [1.82, 2.24) is 0 Å². The van der Waals surface area contributed by atoms with Gasteiger partial charge in [0, 0.05) is 22.6 Å².